The molecule has 0 atom stereocenters. The summed E-state index contributed by atoms with van der Waals surface area (Å²) < 4.78 is 28.2. The van der Waals surface area contributed by atoms with Gasteiger partial charge in [0.05, 0.1) is 5.69 Å². The summed E-state index contributed by atoms with van der Waals surface area (Å²) in [5, 5.41) is 0. The third kappa shape index (κ3) is 3.64. The molecule has 7 heteroatoms. The average Bonchev–Trinajstić information content (AvgIpc) is 3.19. The van der Waals surface area contributed by atoms with Crippen LogP contribution in [0.1, 0.15) is 38.1 Å². The van der Waals surface area contributed by atoms with Gasteiger partial charge in [-0.3, -0.25) is 9.52 Å². The fourth-order valence-electron chi connectivity index (χ4n) is 2.96. The average molecular weight is 393 g/mol. The Kier molecular flexibility index (Phi) is 4.88. The molecule has 140 valence electrons. The molecule has 1 N–H and O–H groups in total. The first-order valence-corrected chi connectivity index (χ1v) is 11.0. The van der Waals surface area contributed by atoms with Gasteiger partial charge in [0.2, 0.25) is 5.91 Å². The van der Waals surface area contributed by atoms with Crippen LogP contribution in [0.2, 0.25) is 0 Å². The number of nitrogens with one attached hydrogen (secondary N) is 1. The minimum absolute atomic E-state index is 0.0436. The van der Waals surface area contributed by atoms with E-state index in [9.17, 15) is 13.2 Å². The van der Waals surface area contributed by atoms with Crippen LogP contribution in [0.4, 0.5) is 11.4 Å². The third-order valence-corrected chi connectivity index (χ3v) is 7.47. The molecular weight excluding hydrogens is 368 g/mol. The minimum atomic E-state index is -3.62. The molecule has 2 heterocycles. The van der Waals surface area contributed by atoms with Crippen LogP contribution >= 0.6 is 11.3 Å². The van der Waals surface area contributed by atoms with Gasteiger partial charge in [0, 0.05) is 22.5 Å². The first-order valence-electron chi connectivity index (χ1n) is 8.68. The Morgan fingerprint density at radius 2 is 1.96 bits per heavy atom. The molecule has 0 spiro atoms. The molecule has 0 aliphatic carbocycles. The quantitative estimate of drug-likeness (QED) is 0.854. The number of hydrogen-bond donors (Lipinski definition) is 1. The number of carbonyl (C=O) groups is 1. The van der Waals surface area contributed by atoms with Crippen molar-refractivity contribution in [3.05, 3.63) is 40.8 Å². The number of hydrogen-bond acceptors (Lipinski definition) is 4. The summed E-state index contributed by atoms with van der Waals surface area (Å²) >= 11 is 1.28. The molecular formula is C19H24N2O3S2. The fourth-order valence-corrected chi connectivity index (χ4v) is 5.30. The van der Waals surface area contributed by atoms with Gasteiger partial charge in [0.1, 0.15) is 4.21 Å². The van der Waals surface area contributed by atoms with Gasteiger partial charge in [-0.25, -0.2) is 8.42 Å². The SMILES string of the molecule is CCc1ccc(S(=O)(=O)Nc2ccc3c(c2)N(C(=O)C(C)(C)C)CC3)s1. The van der Waals surface area contributed by atoms with E-state index in [1.165, 1.54) is 11.3 Å². The summed E-state index contributed by atoms with van der Waals surface area (Å²) in [6, 6.07) is 8.89. The Bertz CT molecular complexity index is 940. The van der Waals surface area contributed by atoms with Gasteiger partial charge in [-0.05, 0) is 42.7 Å². The number of amides is 1. The summed E-state index contributed by atoms with van der Waals surface area (Å²) in [5.74, 6) is 0.0436. The van der Waals surface area contributed by atoms with E-state index < -0.39 is 15.4 Å². The molecule has 1 aromatic heterocycles. The zero-order valence-electron chi connectivity index (χ0n) is 15.5. The standard InChI is InChI=1S/C19H24N2O3S2/c1-5-15-8-9-17(25-15)26(23,24)20-14-7-6-13-10-11-21(16(13)12-14)18(22)19(2,3)4/h6-9,12,20H,5,10-11H2,1-4H3. The summed E-state index contributed by atoms with van der Waals surface area (Å²) in [4.78, 5) is 15.5. The maximum atomic E-state index is 12.7. The molecule has 0 saturated heterocycles. The Morgan fingerprint density at radius 3 is 2.58 bits per heavy atom. The highest BCUT2D eigenvalue weighted by Gasteiger charge is 2.32. The minimum Gasteiger partial charge on any atom is -0.311 e. The van der Waals surface area contributed by atoms with E-state index in [-0.39, 0.29) is 5.91 Å². The van der Waals surface area contributed by atoms with Gasteiger partial charge in [-0.1, -0.05) is 33.8 Å². The number of aryl methyl sites for hydroxylation is 1. The van der Waals surface area contributed by atoms with E-state index in [0.717, 1.165) is 29.0 Å². The highest BCUT2D eigenvalue weighted by atomic mass is 32.2. The molecule has 26 heavy (non-hydrogen) atoms. The molecule has 1 aromatic carbocycles. The first kappa shape index (κ1) is 18.9. The summed E-state index contributed by atoms with van der Waals surface area (Å²) in [6.07, 6.45) is 1.60. The second kappa shape index (κ2) is 6.70. The highest BCUT2D eigenvalue weighted by molar-refractivity contribution is 7.94. The number of benzene rings is 1. The molecule has 1 aliphatic heterocycles. The Hall–Kier alpha value is -1.86. The summed E-state index contributed by atoms with van der Waals surface area (Å²) in [6.45, 7) is 8.30. The fraction of sp³-hybridized carbons (Fsp3) is 0.421. The third-order valence-electron chi connectivity index (χ3n) is 4.37. The van der Waals surface area contributed by atoms with Crippen molar-refractivity contribution in [2.24, 2.45) is 5.41 Å². The number of thiophene rings is 1. The van der Waals surface area contributed by atoms with Crippen molar-refractivity contribution in [1.82, 2.24) is 0 Å². The zero-order chi connectivity index (χ0) is 19.1. The van der Waals surface area contributed by atoms with Gasteiger partial charge >= 0.3 is 0 Å². The molecule has 5 nitrogen and oxygen atoms in total. The lowest BCUT2D eigenvalue weighted by Crippen LogP contribution is -2.38. The molecule has 0 bridgehead atoms. The van der Waals surface area contributed by atoms with E-state index in [2.05, 4.69) is 4.72 Å². The smallest absolute Gasteiger partial charge is 0.271 e. The molecule has 0 saturated carbocycles. The van der Waals surface area contributed by atoms with E-state index in [1.807, 2.05) is 39.8 Å². The van der Waals surface area contributed by atoms with Crippen LogP contribution in [0.5, 0.6) is 0 Å². The van der Waals surface area contributed by atoms with Gasteiger partial charge in [-0.15, -0.1) is 11.3 Å². The normalized spacial score (nSPS) is 14.4. The zero-order valence-corrected chi connectivity index (χ0v) is 17.1. The lowest BCUT2D eigenvalue weighted by atomic mass is 9.94. The Morgan fingerprint density at radius 1 is 1.23 bits per heavy atom. The predicted molar refractivity (Wildman–Crippen MR) is 106 cm³/mol. The van der Waals surface area contributed by atoms with Crippen LogP contribution in [0, 0.1) is 5.41 Å². The van der Waals surface area contributed by atoms with Crippen molar-refractivity contribution in [1.29, 1.82) is 0 Å². The van der Waals surface area contributed by atoms with Crippen LogP contribution < -0.4 is 9.62 Å². The van der Waals surface area contributed by atoms with Crippen LogP contribution in [0.25, 0.3) is 0 Å². The molecule has 1 aliphatic rings. The first-order chi connectivity index (χ1) is 12.1. The van der Waals surface area contributed by atoms with Crippen molar-refractivity contribution in [3.63, 3.8) is 0 Å². The second-order valence-electron chi connectivity index (χ2n) is 7.48. The van der Waals surface area contributed by atoms with Crippen LogP contribution in [-0.4, -0.2) is 20.9 Å². The van der Waals surface area contributed by atoms with Crippen molar-refractivity contribution in [2.45, 2.75) is 44.7 Å². The maximum Gasteiger partial charge on any atom is 0.271 e. The van der Waals surface area contributed by atoms with Gasteiger partial charge in [-0.2, -0.15) is 0 Å². The van der Waals surface area contributed by atoms with Crippen molar-refractivity contribution >= 4 is 38.6 Å². The molecule has 1 amide bonds. The van der Waals surface area contributed by atoms with Gasteiger partial charge in [0.15, 0.2) is 0 Å². The topological polar surface area (TPSA) is 66.5 Å². The van der Waals surface area contributed by atoms with Crippen LogP contribution in [0.3, 0.4) is 0 Å². The van der Waals surface area contributed by atoms with E-state index in [0.29, 0.717) is 16.4 Å². The highest BCUT2D eigenvalue weighted by Crippen LogP contribution is 2.35. The lowest BCUT2D eigenvalue weighted by Gasteiger charge is -2.26. The predicted octanol–water partition coefficient (Wildman–Crippen LogP) is 4.05. The molecule has 2 aromatic rings. The number of carbonyl (C=O) groups excluding carboxylic acids is 1. The number of fused-ring (bicyclic) bond motifs is 1. The van der Waals surface area contributed by atoms with Crippen molar-refractivity contribution in [3.8, 4) is 0 Å². The second-order valence-corrected chi connectivity index (χ2v) is 10.6. The maximum absolute atomic E-state index is 12.7. The molecule has 0 unspecified atom stereocenters. The summed E-state index contributed by atoms with van der Waals surface area (Å²) in [7, 11) is -3.62. The van der Waals surface area contributed by atoms with Crippen LogP contribution in [-0.2, 0) is 27.7 Å². The van der Waals surface area contributed by atoms with Crippen LogP contribution in [0.15, 0.2) is 34.5 Å². The van der Waals surface area contributed by atoms with Gasteiger partial charge < -0.3 is 4.90 Å². The van der Waals surface area contributed by atoms with Crippen molar-refractivity contribution < 1.29 is 13.2 Å². The molecule has 0 radical (unpaired) electrons. The largest absolute Gasteiger partial charge is 0.311 e. The number of nitrogens with zero attached hydrogens (tertiary/aromatic N) is 1. The monoisotopic (exact) mass is 392 g/mol. The summed E-state index contributed by atoms with van der Waals surface area (Å²) in [5.41, 5.74) is 1.86. The number of sulfonamides is 1. The Balaban J connectivity index is 1.88. The molecule has 0 fully saturated rings. The van der Waals surface area contributed by atoms with E-state index in [1.54, 1.807) is 23.1 Å². The van der Waals surface area contributed by atoms with Gasteiger partial charge in [0.25, 0.3) is 10.0 Å². The van der Waals surface area contributed by atoms with Crippen molar-refractivity contribution in [2.75, 3.05) is 16.2 Å². The number of rotatable bonds is 4. The van der Waals surface area contributed by atoms with E-state index in [4.69, 9.17) is 0 Å². The lowest BCUT2D eigenvalue weighted by molar-refractivity contribution is -0.125. The van der Waals surface area contributed by atoms with E-state index >= 15 is 0 Å². The molecule has 3 rings (SSSR count). The Labute approximate surface area is 159 Å². The number of anilines is 2.